The Bertz CT molecular complexity index is 1720. The molecule has 0 N–H and O–H groups in total. The Morgan fingerprint density at radius 3 is 2.41 bits per heavy atom. The molecule has 4 aromatic carbocycles. The summed E-state index contributed by atoms with van der Waals surface area (Å²) in [6.07, 6.45) is 3.72. The Kier molecular flexibility index (Phi) is 8.60. The summed E-state index contributed by atoms with van der Waals surface area (Å²) in [6, 6.07) is 30.0. The molecule has 0 saturated heterocycles. The van der Waals surface area contributed by atoms with Gasteiger partial charge in [-0.25, -0.2) is 9.37 Å². The van der Waals surface area contributed by atoms with Gasteiger partial charge in [-0.05, 0) is 90.7 Å². The second kappa shape index (κ2) is 12.5. The minimum atomic E-state index is -0.284. The third-order valence-corrected chi connectivity index (χ3v) is 7.70. The molecule has 5 rings (SSSR count). The molecule has 6 heteroatoms. The molecule has 0 spiro atoms. The van der Waals surface area contributed by atoms with E-state index >= 15 is 0 Å². The standard InChI is InChI=1S/C35H30BrFN2O2/c1-4-39(23(2)25-11-13-26(14-12-25)27-6-5-7-31(20-27)41-3)35(40)33-22-30(18-10-24-8-16-29(37)17-9-24)38-34-19-15-28(36)21-32(33)34/h5-23H,4H2,1-3H3/b18-10+. The fraction of sp³-hybridized carbons (Fsp3) is 0.143. The number of carbonyl (C=O) groups is 1. The monoisotopic (exact) mass is 608 g/mol. The Morgan fingerprint density at radius 2 is 1.71 bits per heavy atom. The van der Waals surface area contributed by atoms with Gasteiger partial charge in [-0.3, -0.25) is 4.79 Å². The SMILES string of the molecule is CCN(C(=O)c1cc(/C=C/c2ccc(F)cc2)nc2ccc(Br)cc12)C(C)c1ccc(-c2cccc(OC)c2)cc1. The maximum absolute atomic E-state index is 14.1. The summed E-state index contributed by atoms with van der Waals surface area (Å²) >= 11 is 3.55. The number of ether oxygens (including phenoxy) is 1. The minimum Gasteiger partial charge on any atom is -0.497 e. The lowest BCUT2D eigenvalue weighted by atomic mass is 9.99. The molecule has 0 saturated carbocycles. The predicted octanol–water partition coefficient (Wildman–Crippen LogP) is 9.21. The molecule has 0 fully saturated rings. The molecular weight excluding hydrogens is 579 g/mol. The zero-order valence-electron chi connectivity index (χ0n) is 23.1. The van der Waals surface area contributed by atoms with Crippen molar-refractivity contribution < 1.29 is 13.9 Å². The van der Waals surface area contributed by atoms with Crippen LogP contribution in [0.15, 0.2) is 102 Å². The average Bonchev–Trinajstić information content (AvgIpc) is 3.00. The van der Waals surface area contributed by atoms with Gasteiger partial charge in [0.25, 0.3) is 5.91 Å². The summed E-state index contributed by atoms with van der Waals surface area (Å²) in [5, 5.41) is 0.780. The number of hydrogen-bond acceptors (Lipinski definition) is 3. The van der Waals surface area contributed by atoms with Crippen molar-refractivity contribution in [3.63, 3.8) is 0 Å². The van der Waals surface area contributed by atoms with Crippen LogP contribution in [-0.4, -0.2) is 29.4 Å². The number of aromatic nitrogens is 1. The van der Waals surface area contributed by atoms with Gasteiger partial charge in [-0.2, -0.15) is 0 Å². The lowest BCUT2D eigenvalue weighted by molar-refractivity contribution is 0.0704. The van der Waals surface area contributed by atoms with Gasteiger partial charge in [0, 0.05) is 16.4 Å². The van der Waals surface area contributed by atoms with Gasteiger partial charge in [0.15, 0.2) is 0 Å². The minimum absolute atomic E-state index is 0.0706. The highest BCUT2D eigenvalue weighted by Gasteiger charge is 2.24. The van der Waals surface area contributed by atoms with Crippen LogP contribution in [-0.2, 0) is 0 Å². The van der Waals surface area contributed by atoms with E-state index in [1.54, 1.807) is 19.2 Å². The van der Waals surface area contributed by atoms with Crippen LogP contribution in [0.25, 0.3) is 34.2 Å². The van der Waals surface area contributed by atoms with Crippen LogP contribution < -0.4 is 4.74 Å². The van der Waals surface area contributed by atoms with E-state index in [-0.39, 0.29) is 17.8 Å². The van der Waals surface area contributed by atoms with Crippen LogP contribution in [0.5, 0.6) is 5.75 Å². The molecule has 1 unspecified atom stereocenters. The van der Waals surface area contributed by atoms with Gasteiger partial charge >= 0.3 is 0 Å². The average molecular weight is 610 g/mol. The Hall–Kier alpha value is -4.29. The molecule has 0 bridgehead atoms. The van der Waals surface area contributed by atoms with Crippen LogP contribution in [0.2, 0.25) is 0 Å². The second-order valence-electron chi connectivity index (χ2n) is 9.76. The summed E-state index contributed by atoms with van der Waals surface area (Å²) in [5.41, 5.74) is 6.00. The van der Waals surface area contributed by atoms with Crippen molar-refractivity contribution in [2.75, 3.05) is 13.7 Å². The van der Waals surface area contributed by atoms with E-state index in [2.05, 4.69) is 53.2 Å². The number of benzene rings is 4. The van der Waals surface area contributed by atoms with Crippen molar-refractivity contribution in [2.45, 2.75) is 19.9 Å². The van der Waals surface area contributed by atoms with Crippen LogP contribution in [0.3, 0.4) is 0 Å². The lowest BCUT2D eigenvalue weighted by Crippen LogP contribution is -2.33. The molecule has 4 nitrogen and oxygen atoms in total. The van der Waals surface area contributed by atoms with Gasteiger partial charge < -0.3 is 9.64 Å². The normalized spacial score (nSPS) is 12.0. The number of nitrogens with zero attached hydrogens (tertiary/aromatic N) is 2. The van der Waals surface area contributed by atoms with Crippen LogP contribution in [0.4, 0.5) is 4.39 Å². The van der Waals surface area contributed by atoms with E-state index in [1.807, 2.05) is 66.4 Å². The summed E-state index contributed by atoms with van der Waals surface area (Å²) in [6.45, 7) is 4.58. The highest BCUT2D eigenvalue weighted by molar-refractivity contribution is 9.10. The molecule has 1 heterocycles. The van der Waals surface area contributed by atoms with Gasteiger partial charge in [0.1, 0.15) is 11.6 Å². The van der Waals surface area contributed by atoms with Gasteiger partial charge in [-0.1, -0.05) is 70.5 Å². The third kappa shape index (κ3) is 6.39. The molecule has 1 aromatic heterocycles. The number of pyridine rings is 1. The summed E-state index contributed by atoms with van der Waals surface area (Å²) < 4.78 is 19.6. The first kappa shape index (κ1) is 28.2. The first-order valence-electron chi connectivity index (χ1n) is 13.5. The molecule has 0 aliphatic carbocycles. The molecule has 41 heavy (non-hydrogen) atoms. The number of hydrogen-bond donors (Lipinski definition) is 0. The molecule has 0 aliphatic heterocycles. The molecular formula is C35H30BrFN2O2. The van der Waals surface area contributed by atoms with E-state index in [4.69, 9.17) is 9.72 Å². The van der Waals surface area contributed by atoms with E-state index in [1.165, 1.54) is 12.1 Å². The van der Waals surface area contributed by atoms with Crippen molar-refractivity contribution in [3.8, 4) is 16.9 Å². The first-order chi connectivity index (χ1) is 19.9. The Balaban J connectivity index is 1.47. The zero-order valence-corrected chi connectivity index (χ0v) is 24.7. The van der Waals surface area contributed by atoms with Crippen LogP contribution in [0, 0.1) is 5.82 Å². The molecule has 5 aromatic rings. The van der Waals surface area contributed by atoms with E-state index in [0.717, 1.165) is 43.4 Å². The molecule has 1 atom stereocenters. The highest BCUT2D eigenvalue weighted by Crippen LogP contribution is 2.30. The lowest BCUT2D eigenvalue weighted by Gasteiger charge is -2.29. The maximum Gasteiger partial charge on any atom is 0.255 e. The topological polar surface area (TPSA) is 42.4 Å². The van der Waals surface area contributed by atoms with Crippen molar-refractivity contribution >= 4 is 44.9 Å². The summed E-state index contributed by atoms with van der Waals surface area (Å²) in [4.78, 5) is 20.8. The molecule has 206 valence electrons. The van der Waals surface area contributed by atoms with Gasteiger partial charge in [0.05, 0.1) is 29.9 Å². The largest absolute Gasteiger partial charge is 0.497 e. The quantitative estimate of drug-likeness (QED) is 0.176. The van der Waals surface area contributed by atoms with Gasteiger partial charge in [-0.15, -0.1) is 0 Å². The number of carbonyl (C=O) groups excluding carboxylic acids is 1. The first-order valence-corrected chi connectivity index (χ1v) is 14.2. The summed E-state index contributed by atoms with van der Waals surface area (Å²) in [7, 11) is 1.66. The maximum atomic E-state index is 14.1. The zero-order chi connectivity index (χ0) is 28.9. The van der Waals surface area contributed by atoms with Gasteiger partial charge in [0.2, 0.25) is 0 Å². The smallest absolute Gasteiger partial charge is 0.255 e. The molecule has 0 aliphatic rings. The fourth-order valence-electron chi connectivity index (χ4n) is 4.92. The summed E-state index contributed by atoms with van der Waals surface area (Å²) in [5.74, 6) is 0.456. The number of halogens is 2. The number of amides is 1. The van der Waals surface area contributed by atoms with Crippen molar-refractivity contribution in [2.24, 2.45) is 0 Å². The molecule has 0 radical (unpaired) electrons. The van der Waals surface area contributed by atoms with Crippen LogP contribution >= 0.6 is 15.9 Å². The molecule has 1 amide bonds. The Morgan fingerprint density at radius 1 is 0.951 bits per heavy atom. The number of methoxy groups -OCH3 is 1. The van der Waals surface area contributed by atoms with Crippen molar-refractivity contribution in [1.82, 2.24) is 9.88 Å². The van der Waals surface area contributed by atoms with Crippen LogP contribution in [0.1, 0.15) is 47.1 Å². The predicted molar refractivity (Wildman–Crippen MR) is 168 cm³/mol. The third-order valence-electron chi connectivity index (χ3n) is 7.20. The second-order valence-corrected chi connectivity index (χ2v) is 10.7. The number of rotatable bonds is 8. The number of fused-ring (bicyclic) bond motifs is 1. The van der Waals surface area contributed by atoms with Crippen molar-refractivity contribution in [1.29, 1.82) is 0 Å². The fourth-order valence-corrected chi connectivity index (χ4v) is 5.28. The highest BCUT2D eigenvalue weighted by atomic mass is 79.9. The van der Waals surface area contributed by atoms with Crippen molar-refractivity contribution in [3.05, 3.63) is 130 Å². The van der Waals surface area contributed by atoms with E-state index in [9.17, 15) is 9.18 Å². The Labute approximate surface area is 248 Å². The van der Waals surface area contributed by atoms with E-state index < -0.39 is 0 Å². The van der Waals surface area contributed by atoms with E-state index in [0.29, 0.717) is 17.8 Å².